The van der Waals surface area contributed by atoms with Crippen LogP contribution in [0.1, 0.15) is 143 Å². The summed E-state index contributed by atoms with van der Waals surface area (Å²) >= 11 is 5.16. The molecule has 0 bridgehead atoms. The van der Waals surface area contributed by atoms with Crippen LogP contribution in [0.3, 0.4) is 0 Å². The average Bonchev–Trinajstić information content (AvgIpc) is 4.15. The number of imide groups is 2. The Bertz CT molecular complexity index is 3770. The van der Waals surface area contributed by atoms with Crippen molar-refractivity contribution in [2.24, 2.45) is 0 Å². The molecule has 6 nitrogen and oxygen atoms in total. The molecular weight excluding hydrogens is 909 g/mol. The molecule has 0 radical (unpaired) electrons. The Labute approximate surface area is 412 Å². The lowest BCUT2D eigenvalue weighted by atomic mass is 9.80. The molecule has 340 valence electrons. The molecule has 7 aromatic carbocycles. The van der Waals surface area contributed by atoms with Gasteiger partial charge in [-0.1, -0.05) is 116 Å². The largest absolute Gasteiger partial charge is 0.268 e. The second kappa shape index (κ2) is 15.9. The van der Waals surface area contributed by atoms with Crippen LogP contribution in [-0.4, -0.2) is 23.6 Å². The van der Waals surface area contributed by atoms with Crippen molar-refractivity contribution in [3.8, 4) is 29.9 Å². The van der Waals surface area contributed by atoms with E-state index in [4.69, 9.17) is 0 Å². The van der Waals surface area contributed by atoms with Crippen LogP contribution >= 0.6 is 34.0 Å². The normalized spacial score (nSPS) is 14.1. The summed E-state index contributed by atoms with van der Waals surface area (Å²) in [5.41, 5.74) is 7.87. The van der Waals surface area contributed by atoms with Gasteiger partial charge in [-0.15, -0.1) is 34.0 Å². The fraction of sp³-hybridized carbons (Fsp3) is 0.200. The number of carbonyl (C=O) groups excluding carboxylic acids is 4. The van der Waals surface area contributed by atoms with E-state index in [0.29, 0.717) is 44.4 Å². The van der Waals surface area contributed by atoms with Crippen LogP contribution in [0.4, 0.5) is 11.4 Å². The number of rotatable bonds is 9. The second-order valence-corrected chi connectivity index (χ2v) is 22.8. The minimum Gasteiger partial charge on any atom is -0.268 e. The van der Waals surface area contributed by atoms with Gasteiger partial charge in [0.1, 0.15) is 0 Å². The van der Waals surface area contributed by atoms with Crippen LogP contribution in [0.15, 0.2) is 121 Å². The van der Waals surface area contributed by atoms with Gasteiger partial charge in [0.05, 0.1) is 11.4 Å². The Kier molecular flexibility index (Phi) is 10.0. The molecule has 2 aliphatic rings. The van der Waals surface area contributed by atoms with Gasteiger partial charge in [-0.05, 0) is 138 Å². The quantitative estimate of drug-likeness (QED) is 0.0821. The summed E-state index contributed by atoms with van der Waals surface area (Å²) in [5, 5.41) is 8.46. The summed E-state index contributed by atoms with van der Waals surface area (Å²) in [7, 11) is 0. The topological polar surface area (TPSA) is 74.8 Å². The number of para-hydroxylation sites is 2. The zero-order valence-electron chi connectivity index (χ0n) is 39.6. The lowest BCUT2D eigenvalue weighted by molar-refractivity contribution is 0.0877. The van der Waals surface area contributed by atoms with Crippen LogP contribution < -0.4 is 9.80 Å². The van der Waals surface area contributed by atoms with E-state index in [2.05, 4.69) is 97.2 Å². The Hall–Kier alpha value is -6.78. The first-order chi connectivity index (χ1) is 33.2. The highest BCUT2D eigenvalue weighted by molar-refractivity contribution is 7.27. The highest BCUT2D eigenvalue weighted by Crippen LogP contribution is 2.53. The number of amides is 4. The molecule has 0 saturated carbocycles. The highest BCUT2D eigenvalue weighted by Gasteiger charge is 2.41. The molecule has 0 unspecified atom stereocenters. The minimum absolute atomic E-state index is 0.0559. The number of nitrogens with zero attached hydrogens (tertiary/aromatic N) is 2. The van der Waals surface area contributed by atoms with E-state index < -0.39 is 0 Å². The monoisotopic (exact) mass is 956 g/mol. The predicted molar refractivity (Wildman–Crippen MR) is 289 cm³/mol. The van der Waals surface area contributed by atoms with Crippen LogP contribution in [-0.2, 0) is 0 Å². The van der Waals surface area contributed by atoms with E-state index in [1.165, 1.54) is 19.6 Å². The standard InChI is InChI=1S/C60H48N2O4S3/c1-29(2)33-12-9-13-34(30(3)4)55(33)61-57(63)40-20-17-37-38-18-21-42-53-44(60(66)62(59(42)65)56-35(31(5)6)14-10-15-36(56)32(7)8)28-43(51(54(38)53)39-19-22-41(58(61)64)52(40)50(37)39)45-23-24-48(68-45)49-26-25-47(69-49)46-16-11-27-67-46/h9-32H,1-8H3. The van der Waals surface area contributed by atoms with Gasteiger partial charge in [0.25, 0.3) is 23.6 Å². The zero-order valence-corrected chi connectivity index (χ0v) is 42.1. The molecule has 3 aromatic heterocycles. The Morgan fingerprint density at radius 1 is 0.348 bits per heavy atom. The predicted octanol–water partition coefficient (Wildman–Crippen LogP) is 17.0. The van der Waals surface area contributed by atoms with Gasteiger partial charge >= 0.3 is 0 Å². The van der Waals surface area contributed by atoms with E-state index in [-0.39, 0.29) is 47.3 Å². The molecule has 12 rings (SSSR count). The third-order valence-electron chi connectivity index (χ3n) is 14.4. The molecule has 0 atom stereocenters. The van der Waals surface area contributed by atoms with Crippen molar-refractivity contribution in [2.75, 3.05) is 9.80 Å². The molecule has 4 amide bonds. The molecule has 0 spiro atoms. The van der Waals surface area contributed by atoms with Gasteiger partial charge in [-0.2, -0.15) is 0 Å². The highest BCUT2D eigenvalue weighted by atomic mass is 32.1. The van der Waals surface area contributed by atoms with Crippen molar-refractivity contribution in [1.29, 1.82) is 0 Å². The molecule has 0 N–H and O–H groups in total. The smallest absolute Gasteiger partial charge is 0.266 e. The van der Waals surface area contributed by atoms with E-state index >= 15 is 19.2 Å². The molecule has 69 heavy (non-hydrogen) atoms. The molecule has 5 heterocycles. The number of fused-ring (bicyclic) bond motifs is 2. The first kappa shape index (κ1) is 43.5. The molecule has 9 heteroatoms. The van der Waals surface area contributed by atoms with Gasteiger partial charge in [0.2, 0.25) is 0 Å². The summed E-state index contributed by atoms with van der Waals surface area (Å²) in [6, 6.07) is 38.7. The molecule has 0 aliphatic carbocycles. The van der Waals surface area contributed by atoms with Gasteiger partial charge in [0, 0.05) is 63.0 Å². The fourth-order valence-corrected chi connectivity index (χ4v) is 14.1. The molecule has 10 aromatic rings. The Morgan fingerprint density at radius 3 is 1.22 bits per heavy atom. The third kappa shape index (κ3) is 6.26. The average molecular weight is 957 g/mol. The molecule has 2 aliphatic heterocycles. The van der Waals surface area contributed by atoms with Gasteiger partial charge < -0.3 is 0 Å². The number of thiophene rings is 3. The maximum Gasteiger partial charge on any atom is 0.266 e. The second-order valence-electron chi connectivity index (χ2n) is 19.7. The lowest BCUT2D eigenvalue weighted by Crippen LogP contribution is -2.42. The molecule has 0 saturated heterocycles. The summed E-state index contributed by atoms with van der Waals surface area (Å²) in [4.78, 5) is 69.6. The van der Waals surface area contributed by atoms with Gasteiger partial charge in [-0.3, -0.25) is 19.2 Å². The van der Waals surface area contributed by atoms with Crippen molar-refractivity contribution < 1.29 is 19.2 Å². The number of benzene rings is 7. The van der Waals surface area contributed by atoms with E-state index in [1.54, 1.807) is 34.0 Å². The number of hydrogen-bond donors (Lipinski definition) is 0. The third-order valence-corrected chi connectivity index (χ3v) is 17.8. The Morgan fingerprint density at radius 2 is 0.754 bits per heavy atom. The summed E-state index contributed by atoms with van der Waals surface area (Å²) < 4.78 is 0. The maximum atomic E-state index is 15.6. The zero-order chi connectivity index (χ0) is 47.9. The van der Waals surface area contributed by atoms with Crippen molar-refractivity contribution >= 4 is 112 Å². The van der Waals surface area contributed by atoms with Gasteiger partial charge in [0.15, 0.2) is 0 Å². The van der Waals surface area contributed by atoms with Gasteiger partial charge in [-0.25, -0.2) is 9.80 Å². The summed E-state index contributed by atoms with van der Waals surface area (Å²) in [6.45, 7) is 16.8. The summed E-state index contributed by atoms with van der Waals surface area (Å²) in [5.74, 6) is -1.13. The van der Waals surface area contributed by atoms with Crippen LogP contribution in [0.25, 0.3) is 73.0 Å². The van der Waals surface area contributed by atoms with Crippen LogP contribution in [0.5, 0.6) is 0 Å². The summed E-state index contributed by atoms with van der Waals surface area (Å²) in [6.07, 6.45) is 0. The number of hydrogen-bond acceptors (Lipinski definition) is 7. The first-order valence-corrected chi connectivity index (χ1v) is 26.3. The minimum atomic E-state index is -0.349. The molecular formula is C60H48N2O4S3. The number of anilines is 2. The lowest BCUT2D eigenvalue weighted by Gasteiger charge is -2.34. The first-order valence-electron chi connectivity index (χ1n) is 23.8. The number of carbonyl (C=O) groups is 4. The van der Waals surface area contributed by atoms with E-state index in [1.807, 2.05) is 78.9 Å². The van der Waals surface area contributed by atoms with Crippen molar-refractivity contribution in [3.05, 3.63) is 165 Å². The Balaban J connectivity index is 1.14. The van der Waals surface area contributed by atoms with Crippen molar-refractivity contribution in [1.82, 2.24) is 0 Å². The van der Waals surface area contributed by atoms with Crippen molar-refractivity contribution in [3.63, 3.8) is 0 Å². The van der Waals surface area contributed by atoms with E-state index in [0.717, 1.165) is 74.8 Å². The molecule has 0 fully saturated rings. The fourth-order valence-electron chi connectivity index (χ4n) is 11.1. The van der Waals surface area contributed by atoms with Crippen LogP contribution in [0.2, 0.25) is 0 Å². The maximum absolute atomic E-state index is 15.6. The SMILES string of the molecule is CC(C)c1cccc(C(C)C)c1N1C(=O)c2ccc3c4ccc5c6c(cc(-c7ccc(-c8ccc(-c9cccs9)s8)s7)c(c7ccc(c2c37)C1=O)c64)C(=O)N(c1c(C(C)C)cccc1C(C)C)C5=O. The van der Waals surface area contributed by atoms with Crippen molar-refractivity contribution in [2.45, 2.75) is 79.1 Å². The van der Waals surface area contributed by atoms with Crippen LogP contribution in [0, 0.1) is 0 Å². The van der Waals surface area contributed by atoms with E-state index in [9.17, 15) is 0 Å².